The lowest BCUT2D eigenvalue weighted by molar-refractivity contribution is -0.109. The van der Waals surface area contributed by atoms with Crippen molar-refractivity contribution in [2.75, 3.05) is 0 Å². The molecule has 3 heteroatoms. The maximum absolute atomic E-state index is 13.3. The number of carbonyl (C=O) groups is 2. The van der Waals surface area contributed by atoms with Gasteiger partial charge in [0.05, 0.1) is 5.56 Å². The summed E-state index contributed by atoms with van der Waals surface area (Å²) in [6.07, 6.45) is 3.16. The van der Waals surface area contributed by atoms with Crippen molar-refractivity contribution in [3.63, 3.8) is 0 Å². The molecule has 164 valence electrons. The smallest absolute Gasteiger partial charge is 0.344 e. The van der Waals surface area contributed by atoms with Gasteiger partial charge in [0.1, 0.15) is 0 Å². The molecule has 0 saturated carbocycles. The third kappa shape index (κ3) is 5.95. The third-order valence-electron chi connectivity index (χ3n) is 5.04. The monoisotopic (exact) mass is 442 g/mol. The Kier molecular flexibility index (Phi) is 7.43. The molecule has 0 N–H and O–H groups in total. The molecule has 0 amide bonds. The molecule has 34 heavy (non-hydrogen) atoms. The minimum Gasteiger partial charge on any atom is -0.414 e. The molecule has 0 aromatic heterocycles. The van der Waals surface area contributed by atoms with Crippen molar-refractivity contribution in [2.45, 2.75) is 0 Å². The summed E-state index contributed by atoms with van der Waals surface area (Å²) in [4.78, 5) is 26.0. The second kappa shape index (κ2) is 11.2. The lowest BCUT2D eigenvalue weighted by Crippen LogP contribution is -2.04. The Morgan fingerprint density at radius 3 is 1.62 bits per heavy atom. The Balaban J connectivity index is 1.73. The maximum atomic E-state index is 13.3. The predicted molar refractivity (Wildman–Crippen MR) is 136 cm³/mol. The first-order valence-electron chi connectivity index (χ1n) is 10.9. The van der Waals surface area contributed by atoms with Gasteiger partial charge in [0, 0.05) is 17.2 Å². The fourth-order valence-corrected chi connectivity index (χ4v) is 3.33. The first-order chi connectivity index (χ1) is 16.7. The van der Waals surface area contributed by atoms with E-state index < -0.39 is 5.97 Å². The topological polar surface area (TPSA) is 43.4 Å². The molecule has 0 saturated heterocycles. The molecule has 0 aliphatic heterocycles. The Morgan fingerprint density at radius 2 is 1.06 bits per heavy atom. The zero-order valence-corrected chi connectivity index (χ0v) is 18.4. The van der Waals surface area contributed by atoms with Crippen molar-refractivity contribution in [3.8, 4) is 0 Å². The molecule has 0 heterocycles. The van der Waals surface area contributed by atoms with Crippen molar-refractivity contribution < 1.29 is 14.3 Å². The number of allylic oxidation sites excluding steroid dienone is 2. The van der Waals surface area contributed by atoms with Gasteiger partial charge in [-0.25, -0.2) is 4.79 Å². The predicted octanol–water partition coefficient (Wildman–Crippen LogP) is 6.85. The molecule has 0 atom stereocenters. The lowest BCUT2D eigenvalue weighted by atomic mass is 9.98. The summed E-state index contributed by atoms with van der Waals surface area (Å²) in [5, 5.41) is 0. The van der Waals surface area contributed by atoms with Gasteiger partial charge >= 0.3 is 5.97 Å². The summed E-state index contributed by atoms with van der Waals surface area (Å²) in [5.41, 5.74) is 6.20. The van der Waals surface area contributed by atoms with Gasteiger partial charge < -0.3 is 4.74 Å². The molecule has 4 aromatic carbocycles. The number of hydrogen-bond acceptors (Lipinski definition) is 3. The van der Waals surface area contributed by atoms with E-state index in [0.717, 1.165) is 11.1 Å². The SMILES string of the molecule is O=C(C=C=C(OC(=O)c1ccccc1)c1ccccc1)/C(=C/c1ccccc1)c1ccccc1. The maximum Gasteiger partial charge on any atom is 0.344 e. The molecule has 0 aliphatic rings. The van der Waals surface area contributed by atoms with Crippen molar-refractivity contribution in [1.82, 2.24) is 0 Å². The van der Waals surface area contributed by atoms with Crippen LogP contribution in [0.1, 0.15) is 27.0 Å². The van der Waals surface area contributed by atoms with Crippen LogP contribution >= 0.6 is 0 Å². The van der Waals surface area contributed by atoms with Crippen LogP contribution in [0.4, 0.5) is 0 Å². The molecule has 3 nitrogen and oxygen atoms in total. The summed E-state index contributed by atoms with van der Waals surface area (Å²) >= 11 is 0. The Bertz CT molecular complexity index is 1350. The van der Waals surface area contributed by atoms with E-state index in [1.54, 1.807) is 36.4 Å². The molecular weight excluding hydrogens is 420 g/mol. The first kappa shape index (κ1) is 22.5. The number of ketones is 1. The highest BCUT2D eigenvalue weighted by molar-refractivity contribution is 6.30. The molecule has 4 rings (SSSR count). The molecule has 0 fully saturated rings. The number of carbonyl (C=O) groups excluding carboxylic acids is 2. The van der Waals surface area contributed by atoms with Crippen LogP contribution in [0.2, 0.25) is 0 Å². The van der Waals surface area contributed by atoms with E-state index in [2.05, 4.69) is 5.73 Å². The van der Waals surface area contributed by atoms with Gasteiger partial charge in [-0.3, -0.25) is 4.79 Å². The second-order valence-corrected chi connectivity index (χ2v) is 7.44. The van der Waals surface area contributed by atoms with Crippen LogP contribution in [0, 0.1) is 0 Å². The van der Waals surface area contributed by atoms with Crippen LogP contribution in [0.5, 0.6) is 0 Å². The zero-order chi connectivity index (χ0) is 23.6. The highest BCUT2D eigenvalue weighted by Crippen LogP contribution is 2.21. The Labute approximate surface area is 199 Å². The molecule has 0 bridgehead atoms. The summed E-state index contributed by atoms with van der Waals surface area (Å²) in [7, 11) is 0. The van der Waals surface area contributed by atoms with Crippen LogP contribution in [-0.2, 0) is 9.53 Å². The summed E-state index contributed by atoms with van der Waals surface area (Å²) in [6, 6.07) is 36.9. The van der Waals surface area contributed by atoms with Gasteiger partial charge in [0.25, 0.3) is 0 Å². The van der Waals surface area contributed by atoms with Gasteiger partial charge in [-0.2, -0.15) is 0 Å². The van der Waals surface area contributed by atoms with Crippen molar-refractivity contribution in [2.24, 2.45) is 0 Å². The van der Waals surface area contributed by atoms with E-state index in [1.165, 1.54) is 6.08 Å². The van der Waals surface area contributed by atoms with Crippen molar-refractivity contribution in [3.05, 3.63) is 155 Å². The number of esters is 1. The summed E-state index contributed by atoms with van der Waals surface area (Å²) in [6.45, 7) is 0. The Morgan fingerprint density at radius 1 is 0.588 bits per heavy atom. The standard InChI is InChI=1S/C31H22O3/c32-29(28(25-15-7-2-8-16-25)23-24-13-5-1-6-14-24)21-22-30(26-17-9-3-10-18-26)34-31(33)27-19-11-4-12-20-27/h1-21,23H/b28-23+. The quantitative estimate of drug-likeness (QED) is 0.103. The Hall–Kier alpha value is -4.72. The van der Waals surface area contributed by atoms with Crippen molar-refractivity contribution >= 4 is 29.2 Å². The summed E-state index contributed by atoms with van der Waals surface area (Å²) < 4.78 is 5.64. The molecule has 4 aromatic rings. The van der Waals surface area contributed by atoms with E-state index in [0.29, 0.717) is 16.7 Å². The van der Waals surface area contributed by atoms with Crippen molar-refractivity contribution in [1.29, 1.82) is 0 Å². The first-order valence-corrected chi connectivity index (χ1v) is 10.9. The average Bonchev–Trinajstić information content (AvgIpc) is 2.91. The van der Waals surface area contributed by atoms with E-state index in [4.69, 9.17) is 4.74 Å². The van der Waals surface area contributed by atoms with Gasteiger partial charge in [0.2, 0.25) is 0 Å². The second-order valence-electron chi connectivity index (χ2n) is 7.44. The number of benzene rings is 4. The number of rotatable bonds is 7. The highest BCUT2D eigenvalue weighted by Gasteiger charge is 2.13. The molecule has 0 unspecified atom stereocenters. The number of ether oxygens (including phenoxy) is 1. The molecular formula is C31H22O3. The third-order valence-corrected chi connectivity index (χ3v) is 5.04. The summed E-state index contributed by atoms with van der Waals surface area (Å²) in [5.74, 6) is -0.593. The van der Waals surface area contributed by atoms with Gasteiger partial charge in [0.15, 0.2) is 11.5 Å². The van der Waals surface area contributed by atoms with Crippen LogP contribution in [0.25, 0.3) is 17.4 Å². The van der Waals surface area contributed by atoms with Gasteiger partial charge in [-0.15, -0.1) is 0 Å². The van der Waals surface area contributed by atoms with E-state index in [1.807, 2.05) is 91.0 Å². The largest absolute Gasteiger partial charge is 0.414 e. The van der Waals surface area contributed by atoms with Crippen LogP contribution in [0.15, 0.2) is 133 Å². The van der Waals surface area contributed by atoms with Gasteiger partial charge in [-0.1, -0.05) is 115 Å². The van der Waals surface area contributed by atoms with E-state index in [-0.39, 0.29) is 11.5 Å². The normalized spacial score (nSPS) is 10.6. The van der Waals surface area contributed by atoms with Crippen LogP contribution < -0.4 is 0 Å². The zero-order valence-electron chi connectivity index (χ0n) is 18.4. The fourth-order valence-electron chi connectivity index (χ4n) is 3.33. The minimum atomic E-state index is -0.518. The lowest BCUT2D eigenvalue weighted by Gasteiger charge is -2.07. The molecule has 0 spiro atoms. The van der Waals surface area contributed by atoms with E-state index in [9.17, 15) is 9.59 Å². The van der Waals surface area contributed by atoms with E-state index >= 15 is 0 Å². The number of hydrogen-bond donors (Lipinski definition) is 0. The molecule has 0 aliphatic carbocycles. The molecule has 0 radical (unpaired) electrons. The van der Waals surface area contributed by atoms with Gasteiger partial charge in [-0.05, 0) is 29.3 Å². The highest BCUT2D eigenvalue weighted by atomic mass is 16.5. The fraction of sp³-hybridized carbons (Fsp3) is 0. The minimum absolute atomic E-state index is 0.176. The van der Waals surface area contributed by atoms with Crippen LogP contribution in [-0.4, -0.2) is 11.8 Å². The average molecular weight is 443 g/mol. The van der Waals surface area contributed by atoms with Crippen LogP contribution in [0.3, 0.4) is 0 Å².